The molecule has 0 aromatic heterocycles. The van der Waals surface area contributed by atoms with Gasteiger partial charge in [-0.25, -0.2) is 4.39 Å². The fraction of sp³-hybridized carbons (Fsp3) is 0.294. The normalized spacial score (nSPS) is 17.2. The van der Waals surface area contributed by atoms with Crippen LogP contribution in [0.4, 0.5) is 4.39 Å². The second-order valence-corrected chi connectivity index (χ2v) is 4.93. The Kier molecular flexibility index (Phi) is 3.80. The zero-order valence-electron chi connectivity index (χ0n) is 12.1. The van der Waals surface area contributed by atoms with Gasteiger partial charge in [0, 0.05) is 5.56 Å². The van der Waals surface area contributed by atoms with E-state index in [9.17, 15) is 4.39 Å². The summed E-state index contributed by atoms with van der Waals surface area (Å²) in [7, 11) is 3.20. The number of ether oxygens (including phenoxy) is 3. The van der Waals surface area contributed by atoms with Crippen LogP contribution in [0.5, 0.6) is 11.5 Å². The van der Waals surface area contributed by atoms with E-state index in [1.165, 1.54) is 6.07 Å². The fourth-order valence-corrected chi connectivity index (χ4v) is 2.72. The maximum Gasteiger partial charge on any atom is 0.161 e. The number of rotatable bonds is 3. The van der Waals surface area contributed by atoms with Gasteiger partial charge in [-0.05, 0) is 35.7 Å². The summed E-state index contributed by atoms with van der Waals surface area (Å²) in [4.78, 5) is 0. The summed E-state index contributed by atoms with van der Waals surface area (Å²) in [5.41, 5.74) is 2.59. The lowest BCUT2D eigenvalue weighted by molar-refractivity contribution is 0.0671. The molecule has 1 unspecified atom stereocenters. The van der Waals surface area contributed by atoms with Crippen molar-refractivity contribution in [3.63, 3.8) is 0 Å². The Labute approximate surface area is 123 Å². The molecule has 110 valence electrons. The van der Waals surface area contributed by atoms with E-state index in [0.29, 0.717) is 23.7 Å². The van der Waals surface area contributed by atoms with Crippen LogP contribution in [0.1, 0.15) is 22.8 Å². The minimum absolute atomic E-state index is 0.259. The SMILES string of the molecule is COc1cc2c(cc1OC)C(c1ccccc1F)OCC2. The Morgan fingerprint density at radius 3 is 2.48 bits per heavy atom. The first kappa shape index (κ1) is 13.9. The van der Waals surface area contributed by atoms with Crippen LogP contribution < -0.4 is 9.47 Å². The van der Waals surface area contributed by atoms with Crippen molar-refractivity contribution in [2.45, 2.75) is 12.5 Å². The molecule has 2 aromatic rings. The molecule has 1 aliphatic rings. The monoisotopic (exact) mass is 288 g/mol. The lowest BCUT2D eigenvalue weighted by Crippen LogP contribution is -2.18. The third-order valence-electron chi connectivity index (χ3n) is 3.77. The van der Waals surface area contributed by atoms with Crippen LogP contribution in [0.25, 0.3) is 0 Å². The molecule has 0 bridgehead atoms. The molecule has 0 amide bonds. The molecule has 2 aromatic carbocycles. The van der Waals surface area contributed by atoms with Gasteiger partial charge in [-0.2, -0.15) is 0 Å². The number of halogens is 1. The van der Waals surface area contributed by atoms with Gasteiger partial charge in [0.2, 0.25) is 0 Å². The smallest absolute Gasteiger partial charge is 0.161 e. The van der Waals surface area contributed by atoms with Crippen LogP contribution in [0.15, 0.2) is 36.4 Å². The molecule has 3 nitrogen and oxygen atoms in total. The van der Waals surface area contributed by atoms with E-state index < -0.39 is 6.10 Å². The molecule has 0 saturated carbocycles. The maximum absolute atomic E-state index is 14.1. The maximum atomic E-state index is 14.1. The first-order valence-electron chi connectivity index (χ1n) is 6.85. The van der Waals surface area contributed by atoms with Crippen molar-refractivity contribution in [1.29, 1.82) is 0 Å². The van der Waals surface area contributed by atoms with Gasteiger partial charge < -0.3 is 14.2 Å². The molecule has 21 heavy (non-hydrogen) atoms. The number of benzene rings is 2. The first-order valence-corrected chi connectivity index (χ1v) is 6.85. The topological polar surface area (TPSA) is 27.7 Å². The molecule has 1 heterocycles. The molecule has 0 spiro atoms. The second kappa shape index (κ2) is 5.74. The lowest BCUT2D eigenvalue weighted by atomic mass is 9.92. The highest BCUT2D eigenvalue weighted by Crippen LogP contribution is 2.40. The van der Waals surface area contributed by atoms with Crippen LogP contribution in [-0.2, 0) is 11.2 Å². The zero-order valence-corrected chi connectivity index (χ0v) is 12.1. The molecule has 0 fully saturated rings. The molecule has 0 saturated heterocycles. The molecular formula is C17H17FO3. The van der Waals surface area contributed by atoms with Crippen molar-refractivity contribution in [2.24, 2.45) is 0 Å². The highest BCUT2D eigenvalue weighted by molar-refractivity contribution is 5.50. The average molecular weight is 288 g/mol. The third-order valence-corrected chi connectivity index (χ3v) is 3.77. The summed E-state index contributed by atoms with van der Waals surface area (Å²) in [5.74, 6) is 1.05. The fourth-order valence-electron chi connectivity index (χ4n) is 2.72. The summed E-state index contributed by atoms with van der Waals surface area (Å²) >= 11 is 0. The van der Waals surface area contributed by atoms with Gasteiger partial charge in [-0.15, -0.1) is 0 Å². The van der Waals surface area contributed by atoms with Gasteiger partial charge in [-0.1, -0.05) is 18.2 Å². The molecule has 1 atom stereocenters. The molecule has 0 aliphatic carbocycles. The summed E-state index contributed by atoms with van der Waals surface area (Å²) in [6, 6.07) is 10.5. The van der Waals surface area contributed by atoms with Crippen molar-refractivity contribution in [1.82, 2.24) is 0 Å². The highest BCUT2D eigenvalue weighted by Gasteiger charge is 2.26. The van der Waals surface area contributed by atoms with Gasteiger partial charge in [0.1, 0.15) is 11.9 Å². The van der Waals surface area contributed by atoms with E-state index in [1.54, 1.807) is 26.4 Å². The molecule has 0 N–H and O–H groups in total. The van der Waals surface area contributed by atoms with Crippen LogP contribution in [-0.4, -0.2) is 20.8 Å². The summed E-state index contributed by atoms with van der Waals surface area (Å²) < 4.78 is 30.5. The van der Waals surface area contributed by atoms with E-state index in [0.717, 1.165) is 17.5 Å². The zero-order chi connectivity index (χ0) is 14.8. The predicted octanol–water partition coefficient (Wildman–Crippen LogP) is 3.51. The molecular weight excluding hydrogens is 271 g/mol. The number of hydrogen-bond donors (Lipinski definition) is 0. The molecule has 0 radical (unpaired) electrons. The first-order chi connectivity index (χ1) is 10.2. The van der Waals surface area contributed by atoms with Crippen molar-refractivity contribution in [3.05, 3.63) is 58.9 Å². The third kappa shape index (κ3) is 2.47. The Hall–Kier alpha value is -2.07. The van der Waals surface area contributed by atoms with E-state index >= 15 is 0 Å². The largest absolute Gasteiger partial charge is 0.493 e. The van der Waals surface area contributed by atoms with Gasteiger partial charge >= 0.3 is 0 Å². The van der Waals surface area contributed by atoms with Crippen molar-refractivity contribution >= 4 is 0 Å². The average Bonchev–Trinajstić information content (AvgIpc) is 2.53. The van der Waals surface area contributed by atoms with E-state index in [4.69, 9.17) is 14.2 Å². The molecule has 1 aliphatic heterocycles. The predicted molar refractivity (Wildman–Crippen MR) is 77.4 cm³/mol. The Balaban J connectivity index is 2.11. The van der Waals surface area contributed by atoms with Gasteiger partial charge in [-0.3, -0.25) is 0 Å². The minimum atomic E-state index is -0.408. The van der Waals surface area contributed by atoms with Crippen LogP contribution >= 0.6 is 0 Å². The summed E-state index contributed by atoms with van der Waals surface area (Å²) in [6.07, 6.45) is 0.371. The highest BCUT2D eigenvalue weighted by atomic mass is 19.1. The van der Waals surface area contributed by atoms with Crippen molar-refractivity contribution in [2.75, 3.05) is 20.8 Å². The Morgan fingerprint density at radius 2 is 1.76 bits per heavy atom. The van der Waals surface area contributed by atoms with Crippen LogP contribution in [0, 0.1) is 5.82 Å². The van der Waals surface area contributed by atoms with E-state index in [1.807, 2.05) is 18.2 Å². The van der Waals surface area contributed by atoms with Gasteiger partial charge in [0.25, 0.3) is 0 Å². The summed E-state index contributed by atoms with van der Waals surface area (Å²) in [5, 5.41) is 0. The number of hydrogen-bond acceptors (Lipinski definition) is 3. The van der Waals surface area contributed by atoms with E-state index in [-0.39, 0.29) is 5.82 Å². The standard InChI is InChI=1S/C17H17FO3/c1-19-15-9-11-7-8-21-17(13(11)10-16(15)20-2)12-5-3-4-6-14(12)18/h3-6,9-10,17H,7-8H2,1-2H3. The van der Waals surface area contributed by atoms with Gasteiger partial charge in [0.05, 0.1) is 20.8 Å². The Bertz CT molecular complexity index is 654. The number of methoxy groups -OCH3 is 2. The molecule has 3 rings (SSSR count). The second-order valence-electron chi connectivity index (χ2n) is 4.93. The quantitative estimate of drug-likeness (QED) is 0.865. The van der Waals surface area contributed by atoms with Crippen LogP contribution in [0.3, 0.4) is 0 Å². The van der Waals surface area contributed by atoms with Crippen molar-refractivity contribution < 1.29 is 18.6 Å². The summed E-state index contributed by atoms with van der Waals surface area (Å²) in [6.45, 7) is 0.557. The van der Waals surface area contributed by atoms with Crippen LogP contribution in [0.2, 0.25) is 0 Å². The van der Waals surface area contributed by atoms with Crippen molar-refractivity contribution in [3.8, 4) is 11.5 Å². The van der Waals surface area contributed by atoms with Gasteiger partial charge in [0.15, 0.2) is 11.5 Å². The lowest BCUT2D eigenvalue weighted by Gasteiger charge is -2.27. The minimum Gasteiger partial charge on any atom is -0.493 e. The van der Waals surface area contributed by atoms with E-state index in [2.05, 4.69) is 0 Å². The molecule has 4 heteroatoms. The number of fused-ring (bicyclic) bond motifs is 1. The Morgan fingerprint density at radius 1 is 1.05 bits per heavy atom.